The Labute approximate surface area is 127 Å². The van der Waals surface area contributed by atoms with Crippen LogP contribution in [0.2, 0.25) is 5.02 Å². The average Bonchev–Trinajstić information content (AvgIpc) is 2.69. The molecule has 0 aromatic heterocycles. The van der Waals surface area contributed by atoms with E-state index in [1.165, 1.54) is 18.2 Å². The second-order valence-electron chi connectivity index (χ2n) is 4.85. The van der Waals surface area contributed by atoms with Gasteiger partial charge in [-0.15, -0.1) is 0 Å². The van der Waals surface area contributed by atoms with Crippen molar-refractivity contribution in [1.82, 2.24) is 10.2 Å². The normalized spacial score (nSPS) is 16.2. The number of nitrogens with zero attached hydrogens (tertiary/aromatic N) is 2. The van der Waals surface area contributed by atoms with Crippen LogP contribution in [0.5, 0.6) is 0 Å². The van der Waals surface area contributed by atoms with Crippen LogP contribution in [0.15, 0.2) is 18.2 Å². The van der Waals surface area contributed by atoms with Crippen LogP contribution in [0.4, 0.5) is 11.4 Å². The molecule has 1 aromatic carbocycles. The first-order valence-corrected chi connectivity index (χ1v) is 7.11. The Bertz CT molecular complexity index is 530. The van der Waals surface area contributed by atoms with Crippen molar-refractivity contribution < 1.29 is 9.72 Å². The number of benzene rings is 1. The van der Waals surface area contributed by atoms with E-state index in [1.807, 2.05) is 4.90 Å². The van der Waals surface area contributed by atoms with Gasteiger partial charge in [-0.1, -0.05) is 11.6 Å². The van der Waals surface area contributed by atoms with Crippen molar-refractivity contribution in [3.05, 3.63) is 33.3 Å². The predicted molar refractivity (Wildman–Crippen MR) is 80.7 cm³/mol. The van der Waals surface area contributed by atoms with E-state index in [2.05, 4.69) is 10.6 Å². The molecule has 21 heavy (non-hydrogen) atoms. The van der Waals surface area contributed by atoms with Crippen molar-refractivity contribution in [1.29, 1.82) is 0 Å². The van der Waals surface area contributed by atoms with E-state index in [4.69, 9.17) is 11.6 Å². The third-order valence-corrected chi connectivity index (χ3v) is 3.56. The Morgan fingerprint density at radius 1 is 1.43 bits per heavy atom. The summed E-state index contributed by atoms with van der Waals surface area (Å²) in [6, 6.07) is 3.98. The van der Waals surface area contributed by atoms with Crippen LogP contribution in [0, 0.1) is 10.1 Å². The van der Waals surface area contributed by atoms with Crippen LogP contribution in [0.1, 0.15) is 6.42 Å². The molecule has 0 saturated carbocycles. The minimum atomic E-state index is -0.521. The fraction of sp³-hybridized carbons (Fsp3) is 0.462. The summed E-state index contributed by atoms with van der Waals surface area (Å²) in [5.41, 5.74) is 0.164. The summed E-state index contributed by atoms with van der Waals surface area (Å²) in [5.74, 6) is -0.223. The maximum absolute atomic E-state index is 12.0. The van der Waals surface area contributed by atoms with E-state index in [0.29, 0.717) is 0 Å². The van der Waals surface area contributed by atoms with E-state index >= 15 is 0 Å². The summed E-state index contributed by atoms with van der Waals surface area (Å²) in [5, 5.41) is 16.9. The van der Waals surface area contributed by atoms with E-state index in [1.54, 1.807) is 0 Å². The fourth-order valence-electron chi connectivity index (χ4n) is 2.18. The first-order valence-electron chi connectivity index (χ1n) is 6.73. The lowest BCUT2D eigenvalue weighted by molar-refractivity contribution is -0.384. The number of hydrogen-bond acceptors (Lipinski definition) is 5. The Morgan fingerprint density at radius 3 is 3.00 bits per heavy atom. The lowest BCUT2D eigenvalue weighted by atomic mass is 10.2. The molecule has 1 amide bonds. The van der Waals surface area contributed by atoms with Crippen LogP contribution in [-0.2, 0) is 4.79 Å². The van der Waals surface area contributed by atoms with Gasteiger partial charge in [-0.3, -0.25) is 19.8 Å². The molecule has 1 heterocycles. The zero-order chi connectivity index (χ0) is 15.2. The van der Waals surface area contributed by atoms with Gasteiger partial charge >= 0.3 is 0 Å². The summed E-state index contributed by atoms with van der Waals surface area (Å²) in [6.07, 6.45) is 0.991. The Kier molecular flexibility index (Phi) is 5.49. The molecule has 7 nitrogen and oxygen atoms in total. The molecule has 0 radical (unpaired) electrons. The molecule has 0 atom stereocenters. The number of rotatable bonds is 4. The predicted octanol–water partition coefficient (Wildman–Crippen LogP) is 1.48. The maximum Gasteiger partial charge on any atom is 0.271 e. The van der Waals surface area contributed by atoms with Gasteiger partial charge in [-0.25, -0.2) is 0 Å². The van der Waals surface area contributed by atoms with Crippen molar-refractivity contribution in [2.45, 2.75) is 6.42 Å². The molecular weight excluding hydrogens is 296 g/mol. The molecule has 1 saturated heterocycles. The number of nitro benzene ring substituents is 1. The standard InChI is InChI=1S/C13H17ClN4O3/c14-11-3-2-10(18(20)21)8-12(11)16-13(19)9-17-6-1-4-15-5-7-17/h2-3,8,15H,1,4-7,9H2,(H,16,19). The van der Waals surface area contributed by atoms with E-state index in [9.17, 15) is 14.9 Å². The van der Waals surface area contributed by atoms with Crippen LogP contribution in [0.3, 0.4) is 0 Å². The van der Waals surface area contributed by atoms with E-state index < -0.39 is 4.92 Å². The number of hydrogen-bond donors (Lipinski definition) is 2. The molecule has 2 rings (SSSR count). The van der Waals surface area contributed by atoms with Gasteiger partial charge in [0.15, 0.2) is 0 Å². The molecule has 1 aromatic rings. The van der Waals surface area contributed by atoms with Gasteiger partial charge in [0.1, 0.15) is 0 Å². The highest BCUT2D eigenvalue weighted by Crippen LogP contribution is 2.26. The first-order chi connectivity index (χ1) is 10.1. The average molecular weight is 313 g/mol. The van der Waals surface area contributed by atoms with Crippen LogP contribution in [0.25, 0.3) is 0 Å². The zero-order valence-corrected chi connectivity index (χ0v) is 12.2. The molecule has 114 valence electrons. The van der Waals surface area contributed by atoms with Crippen LogP contribution in [-0.4, -0.2) is 48.5 Å². The SMILES string of the molecule is O=C(CN1CCCNCC1)Nc1cc([N+](=O)[O-])ccc1Cl. The van der Waals surface area contributed by atoms with Crippen molar-refractivity contribution in [3.63, 3.8) is 0 Å². The molecule has 2 N–H and O–H groups in total. The number of nitro groups is 1. The van der Waals surface area contributed by atoms with Gasteiger partial charge in [0, 0.05) is 25.2 Å². The van der Waals surface area contributed by atoms with Gasteiger partial charge in [0.25, 0.3) is 5.69 Å². The molecule has 1 aliphatic heterocycles. The molecule has 0 spiro atoms. The Balaban J connectivity index is 1.98. The number of carbonyl (C=O) groups is 1. The van der Waals surface area contributed by atoms with Gasteiger partial charge in [0.2, 0.25) is 5.91 Å². The topological polar surface area (TPSA) is 87.5 Å². The summed E-state index contributed by atoms with van der Waals surface area (Å²) < 4.78 is 0. The number of anilines is 1. The van der Waals surface area contributed by atoms with Crippen LogP contribution >= 0.6 is 11.6 Å². The number of non-ortho nitro benzene ring substituents is 1. The van der Waals surface area contributed by atoms with E-state index in [0.717, 1.165) is 32.6 Å². The highest BCUT2D eigenvalue weighted by atomic mass is 35.5. The molecule has 1 aliphatic rings. The summed E-state index contributed by atoms with van der Waals surface area (Å²) in [4.78, 5) is 24.3. The first kappa shape index (κ1) is 15.7. The Hall–Kier alpha value is -1.70. The fourth-order valence-corrected chi connectivity index (χ4v) is 2.34. The lowest BCUT2D eigenvalue weighted by Gasteiger charge is -2.18. The number of carbonyl (C=O) groups excluding carboxylic acids is 1. The second kappa shape index (κ2) is 7.35. The maximum atomic E-state index is 12.0. The van der Waals surface area contributed by atoms with Crippen molar-refractivity contribution in [2.24, 2.45) is 0 Å². The van der Waals surface area contributed by atoms with Gasteiger partial charge in [0.05, 0.1) is 22.2 Å². The third kappa shape index (κ3) is 4.66. The highest BCUT2D eigenvalue weighted by molar-refractivity contribution is 6.33. The highest BCUT2D eigenvalue weighted by Gasteiger charge is 2.15. The molecule has 0 bridgehead atoms. The molecular formula is C13H17ClN4O3. The number of amides is 1. The largest absolute Gasteiger partial charge is 0.323 e. The molecule has 0 aliphatic carbocycles. The summed E-state index contributed by atoms with van der Waals surface area (Å²) in [7, 11) is 0. The third-order valence-electron chi connectivity index (χ3n) is 3.23. The summed E-state index contributed by atoms with van der Waals surface area (Å²) in [6.45, 7) is 3.71. The quantitative estimate of drug-likeness (QED) is 0.649. The minimum Gasteiger partial charge on any atom is -0.323 e. The number of nitrogens with one attached hydrogen (secondary N) is 2. The molecule has 0 unspecified atom stereocenters. The van der Waals surface area contributed by atoms with Gasteiger partial charge in [-0.2, -0.15) is 0 Å². The monoisotopic (exact) mass is 312 g/mol. The van der Waals surface area contributed by atoms with Crippen LogP contribution < -0.4 is 10.6 Å². The van der Waals surface area contributed by atoms with Gasteiger partial charge < -0.3 is 10.6 Å². The van der Waals surface area contributed by atoms with Gasteiger partial charge in [-0.05, 0) is 25.6 Å². The minimum absolute atomic E-state index is 0.103. The molecule has 1 fully saturated rings. The lowest BCUT2D eigenvalue weighted by Crippen LogP contribution is -2.35. The number of halogens is 1. The van der Waals surface area contributed by atoms with Crippen molar-refractivity contribution in [3.8, 4) is 0 Å². The van der Waals surface area contributed by atoms with E-state index in [-0.39, 0.29) is 28.8 Å². The van der Waals surface area contributed by atoms with Crippen molar-refractivity contribution in [2.75, 3.05) is 38.0 Å². The smallest absolute Gasteiger partial charge is 0.271 e. The second-order valence-corrected chi connectivity index (χ2v) is 5.26. The zero-order valence-electron chi connectivity index (χ0n) is 11.5. The molecule has 8 heteroatoms. The summed E-state index contributed by atoms with van der Waals surface area (Å²) >= 11 is 5.95. The Morgan fingerprint density at radius 2 is 2.24 bits per heavy atom. The van der Waals surface area contributed by atoms with Crippen molar-refractivity contribution >= 4 is 28.9 Å².